The fraction of sp³-hybridized carbons (Fsp3) is 0.200. The van der Waals surface area contributed by atoms with Gasteiger partial charge in [-0.2, -0.15) is 23.3 Å². The summed E-state index contributed by atoms with van der Waals surface area (Å²) in [6.45, 7) is 4.30. The summed E-state index contributed by atoms with van der Waals surface area (Å²) >= 11 is 0. The maximum Gasteiger partial charge on any atom is 3.00 e. The molecule has 0 aromatic heterocycles. The first-order valence-electron chi connectivity index (χ1n) is 5.36. The third-order valence-corrected chi connectivity index (χ3v) is 3.29. The van der Waals surface area contributed by atoms with Gasteiger partial charge in [-0.05, 0) is 6.42 Å². The van der Waals surface area contributed by atoms with Crippen LogP contribution in [0, 0.1) is 19.9 Å². The molecular formula is C15H13Cl2Zr. The van der Waals surface area contributed by atoms with Crippen LogP contribution in [0.25, 0.3) is 11.1 Å². The van der Waals surface area contributed by atoms with E-state index >= 15 is 0 Å². The zero-order chi connectivity index (χ0) is 10.4. The molecule has 1 radical (unpaired) electrons. The molecule has 0 bridgehead atoms. The van der Waals surface area contributed by atoms with Gasteiger partial charge in [-0.25, -0.2) is 0 Å². The van der Waals surface area contributed by atoms with E-state index < -0.39 is 0 Å². The Morgan fingerprint density at radius 2 is 1.67 bits per heavy atom. The Morgan fingerprint density at radius 1 is 1.00 bits per heavy atom. The van der Waals surface area contributed by atoms with E-state index in [0.29, 0.717) is 0 Å². The summed E-state index contributed by atoms with van der Waals surface area (Å²) in [6.07, 6.45) is 1.05. The van der Waals surface area contributed by atoms with Crippen LogP contribution < -0.4 is 24.8 Å². The molecule has 0 fully saturated rings. The van der Waals surface area contributed by atoms with Crippen LogP contribution in [0.15, 0.2) is 30.3 Å². The molecule has 0 saturated heterocycles. The fourth-order valence-corrected chi connectivity index (χ4v) is 2.31. The van der Waals surface area contributed by atoms with Crippen molar-refractivity contribution in [3.05, 3.63) is 58.7 Å². The van der Waals surface area contributed by atoms with Crippen molar-refractivity contribution in [2.24, 2.45) is 0 Å². The van der Waals surface area contributed by atoms with Crippen LogP contribution in [-0.2, 0) is 32.6 Å². The van der Waals surface area contributed by atoms with E-state index in [4.69, 9.17) is 0 Å². The van der Waals surface area contributed by atoms with Gasteiger partial charge in [0.15, 0.2) is 0 Å². The van der Waals surface area contributed by atoms with Crippen LogP contribution in [0.4, 0.5) is 0 Å². The van der Waals surface area contributed by atoms with Crippen LogP contribution in [-0.4, -0.2) is 0 Å². The maximum absolute atomic E-state index is 3.50. The molecular weight excluding hydrogens is 342 g/mol. The Bertz CT molecular complexity index is 550. The Hall–Kier alpha value is -0.0969. The van der Waals surface area contributed by atoms with Crippen molar-refractivity contribution in [2.75, 3.05) is 0 Å². The second-order valence-electron chi connectivity index (χ2n) is 4.30. The first kappa shape index (κ1) is 17.9. The number of hydrogen-bond acceptors (Lipinski definition) is 0. The summed E-state index contributed by atoms with van der Waals surface area (Å²) in [6, 6.07) is 14.5. The van der Waals surface area contributed by atoms with Crippen LogP contribution in [0.1, 0.15) is 22.3 Å². The first-order valence-corrected chi connectivity index (χ1v) is 5.36. The maximum atomic E-state index is 3.50. The Labute approximate surface area is 140 Å². The minimum atomic E-state index is 0. The van der Waals surface area contributed by atoms with Crippen molar-refractivity contribution in [2.45, 2.75) is 20.3 Å². The molecule has 0 heterocycles. The number of halogens is 2. The third-order valence-electron chi connectivity index (χ3n) is 3.29. The van der Waals surface area contributed by atoms with Gasteiger partial charge in [-0.15, -0.1) is 11.1 Å². The van der Waals surface area contributed by atoms with Crippen molar-refractivity contribution < 1.29 is 51.0 Å². The summed E-state index contributed by atoms with van der Waals surface area (Å²) in [5, 5.41) is 0. The summed E-state index contributed by atoms with van der Waals surface area (Å²) in [5.41, 5.74) is 8.20. The summed E-state index contributed by atoms with van der Waals surface area (Å²) in [7, 11) is 0. The number of fused-ring (bicyclic) bond motifs is 3. The van der Waals surface area contributed by atoms with Crippen LogP contribution >= 0.6 is 0 Å². The van der Waals surface area contributed by atoms with Crippen LogP contribution in [0.2, 0.25) is 0 Å². The predicted octanol–water partition coefficient (Wildman–Crippen LogP) is -2.32. The van der Waals surface area contributed by atoms with Gasteiger partial charge in [0.2, 0.25) is 0 Å². The quantitative estimate of drug-likeness (QED) is 0.397. The molecule has 18 heavy (non-hydrogen) atoms. The zero-order valence-corrected chi connectivity index (χ0v) is 14.3. The van der Waals surface area contributed by atoms with E-state index in [0.717, 1.165) is 6.42 Å². The molecule has 1 aliphatic carbocycles. The molecule has 3 rings (SSSR count). The van der Waals surface area contributed by atoms with E-state index in [2.05, 4.69) is 50.2 Å². The van der Waals surface area contributed by atoms with Gasteiger partial charge in [0.25, 0.3) is 0 Å². The largest absolute Gasteiger partial charge is 3.00 e. The molecule has 2 aromatic rings. The summed E-state index contributed by atoms with van der Waals surface area (Å²) in [5.74, 6) is 0. The second-order valence-corrected chi connectivity index (χ2v) is 4.30. The predicted molar refractivity (Wildman–Crippen MR) is 63.0 cm³/mol. The average molecular weight is 355 g/mol. The molecule has 0 amide bonds. The molecule has 3 heteroatoms. The molecule has 0 aliphatic heterocycles. The normalized spacial score (nSPS) is 10.3. The second kappa shape index (κ2) is 6.89. The SMILES string of the molecule is Cc1[c-]c2c(cc1C)-c1ccccc1C2.[Cl-].[Cl-].[Zr+3]. The molecule has 0 N–H and O–H groups in total. The van der Waals surface area contributed by atoms with Gasteiger partial charge in [0.1, 0.15) is 0 Å². The van der Waals surface area contributed by atoms with Crippen molar-refractivity contribution in [3.8, 4) is 11.1 Å². The number of rotatable bonds is 0. The smallest absolute Gasteiger partial charge is 1.00 e. The molecule has 1 aliphatic rings. The zero-order valence-electron chi connectivity index (χ0n) is 10.3. The summed E-state index contributed by atoms with van der Waals surface area (Å²) in [4.78, 5) is 0. The van der Waals surface area contributed by atoms with E-state index in [9.17, 15) is 0 Å². The van der Waals surface area contributed by atoms with Crippen LogP contribution in [0.5, 0.6) is 0 Å². The van der Waals surface area contributed by atoms with Gasteiger partial charge in [-0.3, -0.25) is 0 Å². The monoisotopic (exact) mass is 353 g/mol. The van der Waals surface area contributed by atoms with Crippen molar-refractivity contribution in [3.63, 3.8) is 0 Å². The van der Waals surface area contributed by atoms with Gasteiger partial charge >= 0.3 is 26.2 Å². The topological polar surface area (TPSA) is 0 Å². The molecule has 0 spiro atoms. The number of hydrogen-bond donors (Lipinski definition) is 0. The standard InChI is InChI=1S/C15H13.2ClH.Zr/c1-10-7-13-9-12-5-3-4-6-14(12)15(13)8-11(10)2;;;/h3-6,8H,9H2,1-2H3;2*1H;/q-1;;;+3/p-2. The fourth-order valence-electron chi connectivity index (χ4n) is 2.31. The van der Waals surface area contributed by atoms with Gasteiger partial charge in [0.05, 0.1) is 0 Å². The molecule has 2 aromatic carbocycles. The summed E-state index contributed by atoms with van der Waals surface area (Å²) < 4.78 is 0. The van der Waals surface area contributed by atoms with Crippen molar-refractivity contribution >= 4 is 0 Å². The number of aryl methyl sites for hydroxylation is 2. The Balaban J connectivity index is 0.000000963. The first-order chi connectivity index (χ1) is 7.25. The number of benzene rings is 2. The van der Waals surface area contributed by atoms with Crippen molar-refractivity contribution in [1.29, 1.82) is 0 Å². The van der Waals surface area contributed by atoms with Crippen molar-refractivity contribution in [1.82, 2.24) is 0 Å². The average Bonchev–Trinajstić information content (AvgIpc) is 2.57. The Kier molecular flexibility index (Phi) is 6.86. The van der Waals surface area contributed by atoms with Gasteiger partial charge in [-0.1, -0.05) is 49.2 Å². The van der Waals surface area contributed by atoms with E-state index in [-0.39, 0.29) is 51.0 Å². The van der Waals surface area contributed by atoms with E-state index in [1.54, 1.807) is 0 Å². The minimum Gasteiger partial charge on any atom is -1.00 e. The van der Waals surface area contributed by atoms with Gasteiger partial charge < -0.3 is 24.8 Å². The van der Waals surface area contributed by atoms with Gasteiger partial charge in [0, 0.05) is 0 Å². The molecule has 0 atom stereocenters. The van der Waals surface area contributed by atoms with E-state index in [1.807, 2.05) is 0 Å². The Morgan fingerprint density at radius 3 is 2.39 bits per heavy atom. The third kappa shape index (κ3) is 2.90. The molecule has 0 saturated carbocycles. The van der Waals surface area contributed by atoms with E-state index in [1.165, 1.54) is 33.4 Å². The van der Waals surface area contributed by atoms with Crippen LogP contribution in [0.3, 0.4) is 0 Å². The minimum absolute atomic E-state index is 0. The molecule has 0 nitrogen and oxygen atoms in total. The molecule has 0 unspecified atom stereocenters. The molecule has 91 valence electrons.